The maximum atomic E-state index is 12.0. The van der Waals surface area contributed by atoms with Crippen LogP contribution in [0.1, 0.15) is 36.5 Å². The number of carbonyl (C=O) groups excluding carboxylic acids is 1. The van der Waals surface area contributed by atoms with Crippen LogP contribution in [-0.4, -0.2) is 41.5 Å². The summed E-state index contributed by atoms with van der Waals surface area (Å²) in [7, 11) is 0. The van der Waals surface area contributed by atoms with Gasteiger partial charge in [0.05, 0.1) is 5.56 Å². The van der Waals surface area contributed by atoms with E-state index in [0.29, 0.717) is 23.8 Å². The van der Waals surface area contributed by atoms with Gasteiger partial charge in [0, 0.05) is 30.7 Å². The molecule has 1 atom stereocenters. The molecule has 0 spiro atoms. The molecular formula is C14H22N4O. The number of nitrogen functional groups attached to an aromatic ring is 1. The van der Waals surface area contributed by atoms with Crippen LogP contribution in [-0.2, 0) is 0 Å². The molecule has 2 rings (SSSR count). The summed E-state index contributed by atoms with van der Waals surface area (Å²) < 4.78 is 0. The molecule has 19 heavy (non-hydrogen) atoms. The van der Waals surface area contributed by atoms with Crippen LogP contribution in [0.25, 0.3) is 0 Å². The zero-order chi connectivity index (χ0) is 13.7. The molecule has 3 N–H and O–H groups in total. The van der Waals surface area contributed by atoms with Crippen LogP contribution in [0.4, 0.5) is 5.69 Å². The summed E-state index contributed by atoms with van der Waals surface area (Å²) in [6.07, 6.45) is 6.93. The fraction of sp³-hybridized carbons (Fsp3) is 0.571. The molecule has 1 aromatic heterocycles. The largest absolute Gasteiger partial charge is 0.398 e. The normalized spacial score (nSPS) is 17.9. The van der Waals surface area contributed by atoms with E-state index in [0.717, 1.165) is 13.1 Å². The molecule has 104 valence electrons. The minimum Gasteiger partial charge on any atom is -0.398 e. The first-order valence-corrected chi connectivity index (χ1v) is 6.90. The van der Waals surface area contributed by atoms with Crippen molar-refractivity contribution in [3.63, 3.8) is 0 Å². The van der Waals surface area contributed by atoms with E-state index in [-0.39, 0.29) is 5.91 Å². The topological polar surface area (TPSA) is 71.2 Å². The van der Waals surface area contributed by atoms with Crippen molar-refractivity contribution in [2.45, 2.75) is 32.2 Å². The third-order valence-electron chi connectivity index (χ3n) is 3.67. The van der Waals surface area contributed by atoms with Gasteiger partial charge in [-0.25, -0.2) is 0 Å². The Hall–Kier alpha value is -1.62. The highest BCUT2D eigenvalue weighted by molar-refractivity contribution is 5.98. The van der Waals surface area contributed by atoms with E-state index in [9.17, 15) is 4.79 Å². The second kappa shape index (κ2) is 6.52. The van der Waals surface area contributed by atoms with Gasteiger partial charge in [0.2, 0.25) is 0 Å². The van der Waals surface area contributed by atoms with Crippen molar-refractivity contribution < 1.29 is 4.79 Å². The monoisotopic (exact) mass is 262 g/mol. The summed E-state index contributed by atoms with van der Waals surface area (Å²) in [6.45, 7) is 5.06. The highest BCUT2D eigenvalue weighted by Crippen LogP contribution is 2.12. The zero-order valence-electron chi connectivity index (χ0n) is 11.4. The van der Waals surface area contributed by atoms with Crippen molar-refractivity contribution >= 4 is 11.6 Å². The van der Waals surface area contributed by atoms with Crippen LogP contribution in [0.5, 0.6) is 0 Å². The van der Waals surface area contributed by atoms with E-state index >= 15 is 0 Å². The Morgan fingerprint density at radius 1 is 1.47 bits per heavy atom. The molecule has 5 heteroatoms. The summed E-state index contributed by atoms with van der Waals surface area (Å²) in [5.41, 5.74) is 6.68. The number of nitrogens with zero attached hydrogens (tertiary/aromatic N) is 2. The summed E-state index contributed by atoms with van der Waals surface area (Å²) in [4.78, 5) is 18.4. The Balaban J connectivity index is 1.84. The molecule has 0 bridgehead atoms. The van der Waals surface area contributed by atoms with E-state index in [1.807, 2.05) is 0 Å². The Morgan fingerprint density at radius 3 is 2.89 bits per heavy atom. The quantitative estimate of drug-likeness (QED) is 0.857. The Morgan fingerprint density at radius 2 is 2.21 bits per heavy atom. The summed E-state index contributed by atoms with van der Waals surface area (Å²) >= 11 is 0. The van der Waals surface area contributed by atoms with Crippen LogP contribution in [0.2, 0.25) is 0 Å². The van der Waals surface area contributed by atoms with E-state index in [1.165, 1.54) is 25.5 Å². The predicted molar refractivity (Wildman–Crippen MR) is 75.9 cm³/mol. The molecule has 1 unspecified atom stereocenters. The van der Waals surface area contributed by atoms with Gasteiger partial charge in [-0.2, -0.15) is 0 Å². The van der Waals surface area contributed by atoms with Gasteiger partial charge >= 0.3 is 0 Å². The molecule has 1 aliphatic heterocycles. The van der Waals surface area contributed by atoms with Crippen molar-refractivity contribution in [1.29, 1.82) is 0 Å². The number of hydrogen-bond donors (Lipinski definition) is 2. The maximum Gasteiger partial charge on any atom is 0.255 e. The minimum absolute atomic E-state index is 0.144. The average molecular weight is 262 g/mol. The predicted octanol–water partition coefficient (Wildman–Crippen LogP) is 1.27. The number of amides is 1. The molecule has 1 aliphatic rings. The van der Waals surface area contributed by atoms with Gasteiger partial charge in [0.1, 0.15) is 0 Å². The second-order valence-corrected chi connectivity index (χ2v) is 5.12. The first kappa shape index (κ1) is 13.8. The van der Waals surface area contributed by atoms with E-state index in [2.05, 4.69) is 22.1 Å². The molecule has 0 aliphatic carbocycles. The lowest BCUT2D eigenvalue weighted by atomic mass is 10.1. The second-order valence-electron chi connectivity index (χ2n) is 5.12. The highest BCUT2D eigenvalue weighted by atomic mass is 16.1. The maximum absolute atomic E-state index is 12.0. The number of rotatable bonds is 4. The molecule has 2 heterocycles. The van der Waals surface area contributed by atoms with Gasteiger partial charge < -0.3 is 11.1 Å². The van der Waals surface area contributed by atoms with Crippen LogP contribution in [0.3, 0.4) is 0 Å². The average Bonchev–Trinajstić information content (AvgIpc) is 2.46. The lowest BCUT2D eigenvalue weighted by molar-refractivity contribution is 0.0930. The number of anilines is 1. The van der Waals surface area contributed by atoms with E-state index in [1.54, 1.807) is 12.3 Å². The van der Waals surface area contributed by atoms with Gasteiger partial charge in [-0.3, -0.25) is 14.7 Å². The molecule has 1 saturated heterocycles. The van der Waals surface area contributed by atoms with Gasteiger partial charge in [-0.15, -0.1) is 0 Å². The Kier molecular flexibility index (Phi) is 4.74. The van der Waals surface area contributed by atoms with Crippen LogP contribution in [0, 0.1) is 0 Å². The number of hydrogen-bond acceptors (Lipinski definition) is 4. The minimum atomic E-state index is -0.144. The molecular weight excluding hydrogens is 240 g/mol. The lowest BCUT2D eigenvalue weighted by Crippen LogP contribution is -2.44. The number of aromatic nitrogens is 1. The fourth-order valence-corrected chi connectivity index (χ4v) is 2.42. The fourth-order valence-electron chi connectivity index (χ4n) is 2.42. The zero-order valence-corrected chi connectivity index (χ0v) is 11.4. The highest BCUT2D eigenvalue weighted by Gasteiger charge is 2.18. The van der Waals surface area contributed by atoms with Crippen molar-refractivity contribution in [1.82, 2.24) is 15.2 Å². The van der Waals surface area contributed by atoms with Gasteiger partial charge in [0.25, 0.3) is 5.91 Å². The smallest absolute Gasteiger partial charge is 0.255 e. The number of carbonyl (C=O) groups is 1. The van der Waals surface area contributed by atoms with E-state index in [4.69, 9.17) is 5.73 Å². The van der Waals surface area contributed by atoms with Gasteiger partial charge in [0.15, 0.2) is 0 Å². The molecule has 1 amide bonds. The van der Waals surface area contributed by atoms with Crippen LogP contribution in [0.15, 0.2) is 18.5 Å². The van der Waals surface area contributed by atoms with Crippen LogP contribution >= 0.6 is 0 Å². The van der Waals surface area contributed by atoms with Crippen LogP contribution < -0.4 is 11.1 Å². The molecule has 1 fully saturated rings. The lowest BCUT2D eigenvalue weighted by Gasteiger charge is -2.32. The molecule has 0 radical (unpaired) electrons. The number of likely N-dealkylation sites (tertiary alicyclic amines) is 1. The summed E-state index contributed by atoms with van der Waals surface area (Å²) in [5, 5.41) is 2.94. The van der Waals surface area contributed by atoms with Crippen molar-refractivity contribution in [3.8, 4) is 0 Å². The first-order chi connectivity index (χ1) is 9.18. The SMILES string of the molecule is CC(CNC(=O)c1cnccc1N)N1CCCCC1. The number of piperidine rings is 1. The summed E-state index contributed by atoms with van der Waals surface area (Å²) in [6, 6.07) is 2.00. The van der Waals surface area contributed by atoms with Crippen molar-refractivity contribution in [2.24, 2.45) is 0 Å². The molecule has 0 aromatic carbocycles. The third-order valence-corrected chi connectivity index (χ3v) is 3.67. The van der Waals surface area contributed by atoms with Gasteiger partial charge in [-0.1, -0.05) is 6.42 Å². The van der Waals surface area contributed by atoms with Crippen molar-refractivity contribution in [2.75, 3.05) is 25.4 Å². The van der Waals surface area contributed by atoms with Gasteiger partial charge in [-0.05, 0) is 38.9 Å². The number of nitrogens with one attached hydrogen (secondary N) is 1. The summed E-state index contributed by atoms with van der Waals surface area (Å²) in [5.74, 6) is -0.144. The van der Waals surface area contributed by atoms with E-state index < -0.39 is 0 Å². The third kappa shape index (κ3) is 3.67. The molecule has 5 nitrogen and oxygen atoms in total. The Labute approximate surface area is 114 Å². The number of nitrogens with two attached hydrogens (primary N) is 1. The standard InChI is InChI=1S/C14H22N4O/c1-11(18-7-3-2-4-8-18)9-17-14(19)12-10-16-6-5-13(12)15/h5-6,10-11H,2-4,7-9H2,1H3,(H2,15,16)(H,17,19). The number of pyridine rings is 1. The molecule has 1 aromatic rings. The Bertz CT molecular complexity index is 429. The van der Waals surface area contributed by atoms with Crippen molar-refractivity contribution in [3.05, 3.63) is 24.0 Å². The molecule has 0 saturated carbocycles. The first-order valence-electron chi connectivity index (χ1n) is 6.90.